The van der Waals surface area contributed by atoms with Crippen molar-refractivity contribution in [2.75, 3.05) is 18.9 Å². The number of allylic oxidation sites excluding steroid dienone is 1. The number of ether oxygens (including phenoxy) is 1. The second-order valence-electron chi connectivity index (χ2n) is 7.71. The summed E-state index contributed by atoms with van der Waals surface area (Å²) in [4.78, 5) is 26.8. The molecule has 1 saturated heterocycles. The summed E-state index contributed by atoms with van der Waals surface area (Å²) in [6.07, 6.45) is 10.4. The van der Waals surface area contributed by atoms with Crippen LogP contribution in [0.5, 0.6) is 0 Å². The standard InChI is InChI=1S/C21H32N4O3S/c1-3-13-25-19(16-10-6-5-7-11-16)22-23-21(25)29-15-18(26)24-14-9-8-12-17(24)20(27)28-4-2/h3,16-17H,1,4-15H2,2H3. The van der Waals surface area contributed by atoms with Gasteiger partial charge in [-0.1, -0.05) is 37.1 Å². The Balaban J connectivity index is 1.66. The summed E-state index contributed by atoms with van der Waals surface area (Å²) in [6, 6.07) is -0.458. The van der Waals surface area contributed by atoms with E-state index < -0.39 is 6.04 Å². The Morgan fingerprint density at radius 1 is 1.17 bits per heavy atom. The number of aromatic nitrogens is 3. The lowest BCUT2D eigenvalue weighted by molar-refractivity contribution is -0.155. The minimum atomic E-state index is -0.458. The van der Waals surface area contributed by atoms with Gasteiger partial charge < -0.3 is 14.2 Å². The third-order valence-corrected chi connectivity index (χ3v) is 6.69. The van der Waals surface area contributed by atoms with Crippen molar-refractivity contribution < 1.29 is 14.3 Å². The molecule has 7 nitrogen and oxygen atoms in total. The van der Waals surface area contributed by atoms with Crippen molar-refractivity contribution >= 4 is 23.6 Å². The molecule has 2 heterocycles. The second kappa shape index (κ2) is 10.8. The maximum Gasteiger partial charge on any atom is 0.328 e. The molecule has 0 spiro atoms. The molecule has 160 valence electrons. The van der Waals surface area contributed by atoms with Crippen molar-refractivity contribution in [1.82, 2.24) is 19.7 Å². The van der Waals surface area contributed by atoms with Crippen LogP contribution in [0.25, 0.3) is 0 Å². The lowest BCUT2D eigenvalue weighted by Crippen LogP contribution is -2.49. The number of amides is 1. The molecule has 2 fully saturated rings. The highest BCUT2D eigenvalue weighted by molar-refractivity contribution is 7.99. The molecule has 1 atom stereocenters. The molecule has 0 bridgehead atoms. The molecule has 2 aliphatic rings. The third-order valence-electron chi connectivity index (χ3n) is 5.73. The van der Waals surface area contributed by atoms with Crippen LogP contribution in [0.4, 0.5) is 0 Å². The summed E-state index contributed by atoms with van der Waals surface area (Å²) in [5.74, 6) is 1.37. The highest BCUT2D eigenvalue weighted by Crippen LogP contribution is 2.33. The van der Waals surface area contributed by atoms with Gasteiger partial charge in [-0.15, -0.1) is 16.8 Å². The molecule has 1 unspecified atom stereocenters. The van der Waals surface area contributed by atoms with Gasteiger partial charge in [-0.05, 0) is 39.0 Å². The Hall–Kier alpha value is -1.83. The van der Waals surface area contributed by atoms with E-state index in [2.05, 4.69) is 21.3 Å². The van der Waals surface area contributed by atoms with Crippen LogP contribution in [0.1, 0.15) is 70.0 Å². The van der Waals surface area contributed by atoms with Crippen LogP contribution < -0.4 is 0 Å². The van der Waals surface area contributed by atoms with Crippen molar-refractivity contribution in [2.45, 2.75) is 82.0 Å². The molecular formula is C21H32N4O3S. The molecule has 0 radical (unpaired) electrons. The van der Waals surface area contributed by atoms with E-state index in [1.807, 2.05) is 6.08 Å². The number of rotatable bonds is 8. The fraction of sp³-hybridized carbons (Fsp3) is 0.714. The average Bonchev–Trinajstić information content (AvgIpc) is 3.15. The lowest BCUT2D eigenvalue weighted by atomic mass is 9.89. The maximum absolute atomic E-state index is 12.9. The van der Waals surface area contributed by atoms with Crippen molar-refractivity contribution in [2.24, 2.45) is 0 Å². The molecule has 1 aliphatic carbocycles. The number of hydrogen-bond donors (Lipinski definition) is 0. The summed E-state index contributed by atoms with van der Waals surface area (Å²) >= 11 is 1.40. The number of thioether (sulfide) groups is 1. The zero-order chi connectivity index (χ0) is 20.6. The number of likely N-dealkylation sites (tertiary alicyclic amines) is 1. The van der Waals surface area contributed by atoms with Crippen molar-refractivity contribution in [3.05, 3.63) is 18.5 Å². The van der Waals surface area contributed by atoms with E-state index in [9.17, 15) is 9.59 Å². The smallest absolute Gasteiger partial charge is 0.328 e. The molecule has 1 aromatic heterocycles. The molecule has 1 saturated carbocycles. The molecule has 1 amide bonds. The van der Waals surface area contributed by atoms with Crippen LogP contribution >= 0.6 is 11.8 Å². The molecule has 1 aromatic rings. The molecule has 0 aromatic carbocycles. The molecule has 8 heteroatoms. The minimum Gasteiger partial charge on any atom is -0.464 e. The number of carbonyl (C=O) groups is 2. The van der Waals surface area contributed by atoms with Gasteiger partial charge in [0, 0.05) is 19.0 Å². The highest BCUT2D eigenvalue weighted by Gasteiger charge is 2.33. The Morgan fingerprint density at radius 2 is 1.93 bits per heavy atom. The number of piperidine rings is 1. The second-order valence-corrected chi connectivity index (χ2v) is 8.66. The summed E-state index contributed by atoms with van der Waals surface area (Å²) in [7, 11) is 0. The van der Waals surface area contributed by atoms with Crippen LogP contribution in [0.3, 0.4) is 0 Å². The van der Waals surface area contributed by atoms with Gasteiger partial charge in [-0.3, -0.25) is 4.79 Å². The van der Waals surface area contributed by atoms with Gasteiger partial charge in [-0.25, -0.2) is 4.79 Å². The first-order chi connectivity index (χ1) is 14.2. The van der Waals surface area contributed by atoms with Crippen LogP contribution in [-0.2, 0) is 20.9 Å². The van der Waals surface area contributed by atoms with E-state index in [1.165, 1.54) is 31.0 Å². The topological polar surface area (TPSA) is 77.3 Å². The zero-order valence-corrected chi connectivity index (χ0v) is 18.2. The van der Waals surface area contributed by atoms with Crippen LogP contribution in [0.2, 0.25) is 0 Å². The fourth-order valence-corrected chi connectivity index (χ4v) is 5.13. The molecule has 29 heavy (non-hydrogen) atoms. The van der Waals surface area contributed by atoms with Gasteiger partial charge in [0.05, 0.1) is 12.4 Å². The Labute approximate surface area is 177 Å². The Morgan fingerprint density at radius 3 is 2.66 bits per heavy atom. The van der Waals surface area contributed by atoms with E-state index >= 15 is 0 Å². The average molecular weight is 421 g/mol. The molecule has 1 aliphatic heterocycles. The monoisotopic (exact) mass is 420 g/mol. The predicted molar refractivity (Wildman–Crippen MR) is 113 cm³/mol. The summed E-state index contributed by atoms with van der Waals surface area (Å²) in [6.45, 7) is 7.24. The van der Waals surface area contributed by atoms with Gasteiger partial charge in [0.25, 0.3) is 0 Å². The number of hydrogen-bond acceptors (Lipinski definition) is 6. The van der Waals surface area contributed by atoms with Gasteiger partial charge in [-0.2, -0.15) is 0 Å². The van der Waals surface area contributed by atoms with Crippen molar-refractivity contribution in [1.29, 1.82) is 0 Å². The summed E-state index contributed by atoms with van der Waals surface area (Å²) in [5.41, 5.74) is 0. The van der Waals surface area contributed by atoms with E-state index in [1.54, 1.807) is 11.8 Å². The van der Waals surface area contributed by atoms with E-state index in [0.717, 1.165) is 36.7 Å². The van der Waals surface area contributed by atoms with Crippen molar-refractivity contribution in [3.63, 3.8) is 0 Å². The zero-order valence-electron chi connectivity index (χ0n) is 17.3. The van der Waals surface area contributed by atoms with E-state index in [4.69, 9.17) is 4.74 Å². The van der Waals surface area contributed by atoms with Gasteiger partial charge >= 0.3 is 5.97 Å². The lowest BCUT2D eigenvalue weighted by Gasteiger charge is -2.33. The summed E-state index contributed by atoms with van der Waals surface area (Å²) in [5, 5.41) is 9.59. The maximum atomic E-state index is 12.9. The van der Waals surface area contributed by atoms with Gasteiger partial charge in [0.15, 0.2) is 5.16 Å². The minimum absolute atomic E-state index is 0.0416. The SMILES string of the molecule is C=CCn1c(SCC(=O)N2CCCCC2C(=O)OCC)nnc1C1CCCCC1. The molecular weight excluding hydrogens is 388 g/mol. The van der Waals surface area contributed by atoms with Crippen LogP contribution in [0.15, 0.2) is 17.8 Å². The van der Waals surface area contributed by atoms with E-state index in [-0.39, 0.29) is 17.6 Å². The largest absolute Gasteiger partial charge is 0.464 e. The van der Waals surface area contributed by atoms with Crippen molar-refractivity contribution in [3.8, 4) is 0 Å². The highest BCUT2D eigenvalue weighted by atomic mass is 32.2. The number of nitrogens with zero attached hydrogens (tertiary/aromatic N) is 4. The predicted octanol–water partition coefficient (Wildman–Crippen LogP) is 3.55. The molecule has 3 rings (SSSR count). The number of carbonyl (C=O) groups excluding carboxylic acids is 2. The van der Waals surface area contributed by atoms with E-state index in [0.29, 0.717) is 32.0 Å². The van der Waals surface area contributed by atoms with Gasteiger partial charge in [0.2, 0.25) is 5.91 Å². The Kier molecular flexibility index (Phi) is 8.15. The Bertz CT molecular complexity index is 715. The van der Waals surface area contributed by atoms with Crippen LogP contribution in [-0.4, -0.2) is 56.5 Å². The van der Waals surface area contributed by atoms with Gasteiger partial charge in [0.1, 0.15) is 11.9 Å². The molecule has 0 N–H and O–H groups in total. The number of esters is 1. The fourth-order valence-electron chi connectivity index (χ4n) is 4.29. The quantitative estimate of drug-likeness (QED) is 0.364. The van der Waals surface area contributed by atoms with Crippen LogP contribution in [0, 0.1) is 0 Å². The first-order valence-corrected chi connectivity index (χ1v) is 11.8. The third kappa shape index (κ3) is 5.41. The normalized spacial score (nSPS) is 20.4. The first kappa shape index (κ1) is 21.9. The first-order valence-electron chi connectivity index (χ1n) is 10.8. The summed E-state index contributed by atoms with van der Waals surface area (Å²) < 4.78 is 7.27.